The minimum atomic E-state index is -0.926. The second kappa shape index (κ2) is 14.9. The molecule has 11 nitrogen and oxygen atoms in total. The van der Waals surface area contributed by atoms with Gasteiger partial charge in [-0.05, 0) is 43.4 Å². The van der Waals surface area contributed by atoms with E-state index in [-0.39, 0.29) is 25.2 Å². The molecule has 0 saturated carbocycles. The van der Waals surface area contributed by atoms with E-state index >= 15 is 0 Å². The fourth-order valence-corrected chi connectivity index (χ4v) is 5.91. The predicted octanol–water partition coefficient (Wildman–Crippen LogP) is 2.88. The highest BCUT2D eigenvalue weighted by atomic mass is 16.7. The van der Waals surface area contributed by atoms with Gasteiger partial charge in [0.25, 0.3) is 0 Å². The monoisotopic (exact) mass is 591 g/mol. The molecule has 236 valence electrons. The van der Waals surface area contributed by atoms with Gasteiger partial charge in [0.05, 0.1) is 47.3 Å². The molecule has 1 N–H and O–H groups in total. The number of benzene rings is 1. The minimum Gasteiger partial charge on any atom is -0.493 e. The summed E-state index contributed by atoms with van der Waals surface area (Å²) in [4.78, 5) is 44.1. The Hall–Kier alpha value is -3.05. The van der Waals surface area contributed by atoms with E-state index < -0.39 is 23.8 Å². The largest absolute Gasteiger partial charge is 0.493 e. The van der Waals surface area contributed by atoms with Crippen molar-refractivity contribution in [1.82, 2.24) is 14.7 Å². The molecule has 2 amide bonds. The number of aliphatic carboxylic acids is 1. The third-order valence-electron chi connectivity index (χ3n) is 8.42. The summed E-state index contributed by atoms with van der Waals surface area (Å²) in [7, 11) is 9.76. The number of likely N-dealkylation sites (tertiary alicyclic amines) is 1. The van der Waals surface area contributed by atoms with Gasteiger partial charge in [-0.3, -0.25) is 19.3 Å². The maximum Gasteiger partial charge on any atom is 0.308 e. The van der Waals surface area contributed by atoms with Crippen LogP contribution in [0.25, 0.3) is 0 Å². The first-order valence-electron chi connectivity index (χ1n) is 15.1. The van der Waals surface area contributed by atoms with Gasteiger partial charge in [0.1, 0.15) is 0 Å². The van der Waals surface area contributed by atoms with Crippen molar-refractivity contribution < 1.29 is 38.2 Å². The second-order valence-electron chi connectivity index (χ2n) is 12.6. The highest BCUT2D eigenvalue weighted by Crippen LogP contribution is 2.47. The Morgan fingerprint density at radius 1 is 1.10 bits per heavy atom. The van der Waals surface area contributed by atoms with Gasteiger partial charge in [0.2, 0.25) is 24.4 Å². The quantitative estimate of drug-likeness (QED) is 0.231. The number of carbonyl (C=O) groups is 3. The van der Waals surface area contributed by atoms with Crippen molar-refractivity contribution in [1.29, 1.82) is 0 Å². The number of hydrogen-bond donors (Lipinski definition) is 1. The molecule has 0 radical (unpaired) electrons. The SMILES string of the molecule is CCCCN(CCCC[N+](C)(C)C)C(=O)CN1C[C@H](c2cc(OC)c3c(c2)OCO3)C(C(=O)O)[C@@H]1CCN(C)C(C)=O. The van der Waals surface area contributed by atoms with Crippen molar-refractivity contribution in [2.45, 2.75) is 57.9 Å². The van der Waals surface area contributed by atoms with Gasteiger partial charge in [0.15, 0.2) is 11.5 Å². The first-order chi connectivity index (χ1) is 19.9. The number of carboxylic acids is 1. The van der Waals surface area contributed by atoms with Gasteiger partial charge >= 0.3 is 5.97 Å². The molecule has 1 aromatic carbocycles. The summed E-state index contributed by atoms with van der Waals surface area (Å²) in [6.07, 6.45) is 4.30. The van der Waals surface area contributed by atoms with Crippen molar-refractivity contribution in [3.05, 3.63) is 17.7 Å². The molecule has 11 heteroatoms. The molecule has 3 rings (SSSR count). The Bertz CT molecular complexity index is 1090. The topological polar surface area (TPSA) is 109 Å². The zero-order valence-corrected chi connectivity index (χ0v) is 26.6. The number of amides is 2. The van der Waals surface area contributed by atoms with Gasteiger partial charge in [-0.15, -0.1) is 0 Å². The summed E-state index contributed by atoms with van der Waals surface area (Å²) in [5.41, 5.74) is 0.770. The van der Waals surface area contributed by atoms with Crippen LogP contribution >= 0.6 is 0 Å². The number of unbranched alkanes of at least 4 members (excludes halogenated alkanes) is 2. The van der Waals surface area contributed by atoms with Crippen molar-refractivity contribution in [2.24, 2.45) is 5.92 Å². The molecule has 0 bridgehead atoms. The van der Waals surface area contributed by atoms with Crippen LogP contribution in [0.3, 0.4) is 0 Å². The summed E-state index contributed by atoms with van der Waals surface area (Å²) in [5, 5.41) is 10.5. The Morgan fingerprint density at radius 3 is 2.43 bits per heavy atom. The van der Waals surface area contributed by atoms with E-state index in [1.807, 2.05) is 21.9 Å². The number of hydrogen-bond acceptors (Lipinski definition) is 7. The summed E-state index contributed by atoms with van der Waals surface area (Å²) < 4.78 is 17.6. The normalized spacial score (nSPS) is 20.0. The number of fused-ring (bicyclic) bond motifs is 1. The number of nitrogens with zero attached hydrogens (tertiary/aromatic N) is 4. The summed E-state index contributed by atoms with van der Waals surface area (Å²) in [6, 6.07) is 3.22. The van der Waals surface area contributed by atoms with Gasteiger partial charge in [-0.2, -0.15) is 0 Å². The summed E-state index contributed by atoms with van der Waals surface area (Å²) >= 11 is 0. The average molecular weight is 592 g/mol. The molecule has 0 spiro atoms. The smallest absolute Gasteiger partial charge is 0.308 e. The first kappa shape index (κ1) is 33.5. The number of quaternary nitrogens is 1. The first-order valence-corrected chi connectivity index (χ1v) is 15.1. The molecule has 1 aromatic rings. The molecule has 1 unspecified atom stereocenters. The number of carbonyl (C=O) groups excluding carboxylic acids is 2. The van der Waals surface area contributed by atoms with Gasteiger partial charge in [0, 0.05) is 52.1 Å². The minimum absolute atomic E-state index is 0.0201. The van der Waals surface area contributed by atoms with Crippen LogP contribution in [0.5, 0.6) is 17.2 Å². The molecule has 2 aliphatic heterocycles. The number of rotatable bonds is 16. The Balaban J connectivity index is 1.87. The Morgan fingerprint density at radius 2 is 1.81 bits per heavy atom. The van der Waals surface area contributed by atoms with E-state index in [2.05, 4.69) is 28.1 Å². The molecule has 2 heterocycles. The van der Waals surface area contributed by atoms with Gasteiger partial charge < -0.3 is 33.6 Å². The lowest BCUT2D eigenvalue weighted by atomic mass is 9.84. The molecular weight excluding hydrogens is 540 g/mol. The van der Waals surface area contributed by atoms with Crippen LogP contribution in [0, 0.1) is 5.92 Å². The van der Waals surface area contributed by atoms with E-state index in [0.29, 0.717) is 49.8 Å². The van der Waals surface area contributed by atoms with Crippen molar-refractivity contribution in [3.8, 4) is 17.2 Å². The second-order valence-corrected chi connectivity index (χ2v) is 12.6. The standard InChI is InChI=1S/C31H50N4O7/c1-8-9-13-33(14-10-11-16-35(4,5)6)28(37)20-34-19-24(23-17-26(40-7)30-27(18-23)41-21-42-30)29(31(38)39)25(34)12-15-32(3)22(2)36/h17-18,24-25,29H,8-16,19-21H2,1-7H3/p+1/t24-,25+,29?/m1/s1. The zero-order chi connectivity index (χ0) is 31.0. The van der Waals surface area contributed by atoms with E-state index in [1.54, 1.807) is 19.1 Å². The maximum absolute atomic E-state index is 13.8. The van der Waals surface area contributed by atoms with E-state index in [9.17, 15) is 19.5 Å². The lowest BCUT2D eigenvalue weighted by Gasteiger charge is -2.31. The van der Waals surface area contributed by atoms with Crippen LogP contribution in [-0.2, 0) is 14.4 Å². The molecule has 1 saturated heterocycles. The molecule has 3 atom stereocenters. The third kappa shape index (κ3) is 8.73. The van der Waals surface area contributed by atoms with Crippen LogP contribution in [-0.4, -0.2) is 129 Å². The van der Waals surface area contributed by atoms with E-state index in [4.69, 9.17) is 14.2 Å². The fourth-order valence-electron chi connectivity index (χ4n) is 5.91. The summed E-state index contributed by atoms with van der Waals surface area (Å²) in [6.45, 7) is 7.03. The van der Waals surface area contributed by atoms with E-state index in [1.165, 1.54) is 6.92 Å². The fraction of sp³-hybridized carbons (Fsp3) is 0.710. The van der Waals surface area contributed by atoms with Crippen LogP contribution in [0.1, 0.15) is 57.4 Å². The van der Waals surface area contributed by atoms with Crippen molar-refractivity contribution in [3.63, 3.8) is 0 Å². The van der Waals surface area contributed by atoms with Gasteiger partial charge in [-0.25, -0.2) is 0 Å². The van der Waals surface area contributed by atoms with Crippen LogP contribution < -0.4 is 14.2 Å². The molecular formula is C31H51N4O7+. The van der Waals surface area contributed by atoms with Crippen molar-refractivity contribution in [2.75, 3.05) is 81.4 Å². The van der Waals surface area contributed by atoms with Gasteiger partial charge in [-0.1, -0.05) is 13.3 Å². The van der Waals surface area contributed by atoms with E-state index in [0.717, 1.165) is 42.3 Å². The molecule has 2 aliphatic rings. The Labute approximate surface area is 250 Å². The van der Waals surface area contributed by atoms with Crippen LogP contribution in [0.15, 0.2) is 12.1 Å². The number of methoxy groups -OCH3 is 1. The highest BCUT2D eigenvalue weighted by molar-refractivity contribution is 5.79. The Kier molecular flexibility index (Phi) is 11.9. The lowest BCUT2D eigenvalue weighted by molar-refractivity contribution is -0.870. The predicted molar refractivity (Wildman–Crippen MR) is 160 cm³/mol. The maximum atomic E-state index is 13.8. The van der Waals surface area contributed by atoms with Crippen LogP contribution in [0.4, 0.5) is 0 Å². The zero-order valence-electron chi connectivity index (χ0n) is 26.6. The molecule has 42 heavy (non-hydrogen) atoms. The molecule has 0 aromatic heterocycles. The molecule has 0 aliphatic carbocycles. The number of ether oxygens (including phenoxy) is 3. The highest BCUT2D eigenvalue weighted by Gasteiger charge is 2.47. The summed E-state index contributed by atoms with van der Waals surface area (Å²) in [5.74, 6) is -0.649. The molecule has 1 fully saturated rings. The third-order valence-corrected chi connectivity index (χ3v) is 8.42. The lowest BCUT2D eigenvalue weighted by Crippen LogP contribution is -2.46. The number of carboxylic acid groups (broad SMARTS) is 1. The van der Waals surface area contributed by atoms with Crippen LogP contribution in [0.2, 0.25) is 0 Å². The average Bonchev–Trinajstić information content (AvgIpc) is 3.54. The van der Waals surface area contributed by atoms with Crippen molar-refractivity contribution >= 4 is 17.8 Å².